The van der Waals surface area contributed by atoms with Gasteiger partial charge in [-0.25, -0.2) is 17.6 Å². The SMILES string of the molecule is C[SiH](C)O[Si](C)(C)C12C(F)(F)C(F)(F)C(F)(C(F)(F)C1(F)C(F)(F)C(F)(F)C(F)(F)C(F)(F)C(F)(F)C(F)(F)F)C2(F)F. The molecule has 256 valence electrons. The van der Waals surface area contributed by atoms with Crippen molar-refractivity contribution in [1.29, 1.82) is 0 Å². The van der Waals surface area contributed by atoms with E-state index >= 15 is 43.9 Å². The van der Waals surface area contributed by atoms with E-state index in [1.54, 1.807) is 0 Å². The molecule has 0 aromatic carbocycles. The molecule has 0 saturated heterocycles. The lowest BCUT2D eigenvalue weighted by Crippen LogP contribution is -2.84. The quantitative estimate of drug-likeness (QED) is 0.180. The van der Waals surface area contributed by atoms with Crippen LogP contribution in [0.3, 0.4) is 0 Å². The molecule has 3 unspecified atom stereocenters. The second kappa shape index (κ2) is 8.57. The molecule has 1 nitrogen and oxygen atoms in total. The summed E-state index contributed by atoms with van der Waals surface area (Å²) in [5, 5.41) is -7.41. The third kappa shape index (κ3) is 3.19. The van der Waals surface area contributed by atoms with Crippen LogP contribution in [-0.4, -0.2) is 88.2 Å². The predicted octanol–water partition coefficient (Wildman–Crippen LogP) is 8.66. The van der Waals surface area contributed by atoms with Gasteiger partial charge in [0.1, 0.15) is 0 Å². The second-order valence-electron chi connectivity index (χ2n) is 10.4. The number of hydrogen-bond donors (Lipinski definition) is 0. The molecule has 0 spiro atoms. The molecule has 0 radical (unpaired) electrons. The average Bonchev–Trinajstić information content (AvgIpc) is 2.88. The maximum atomic E-state index is 16.2. The van der Waals surface area contributed by atoms with Gasteiger partial charge in [-0.1, -0.05) is 0 Å². The third-order valence-electron chi connectivity index (χ3n) is 7.38. The minimum atomic E-state index is -9.34. The van der Waals surface area contributed by atoms with Crippen LogP contribution in [0.25, 0.3) is 0 Å². The first-order valence-corrected chi connectivity index (χ1v) is 16.4. The molecule has 2 saturated carbocycles. The number of rotatable bonds is 8. The zero-order valence-corrected chi connectivity index (χ0v) is 22.8. The Hall–Kier alpha value is -1.22. The molecule has 0 aromatic rings. The van der Waals surface area contributed by atoms with Crippen molar-refractivity contribution in [1.82, 2.24) is 0 Å². The Balaban J connectivity index is 3.27. The summed E-state index contributed by atoms with van der Waals surface area (Å²) in [6.45, 7) is 0.0343. The Kier molecular flexibility index (Phi) is 7.57. The average molecular weight is 726 g/mol. The Morgan fingerprint density at radius 2 is 0.837 bits per heavy atom. The Morgan fingerprint density at radius 3 is 1.16 bits per heavy atom. The van der Waals surface area contributed by atoms with Crippen molar-refractivity contribution in [2.75, 3.05) is 0 Å². The summed E-state index contributed by atoms with van der Waals surface area (Å²) in [5.74, 6) is -77.3. The molecule has 0 aliphatic heterocycles. The molecule has 2 rings (SSSR count). The Morgan fingerprint density at radius 1 is 0.488 bits per heavy atom. The van der Waals surface area contributed by atoms with Gasteiger partial charge in [-0.2, -0.15) is 83.4 Å². The maximum absolute atomic E-state index is 16.2. The van der Waals surface area contributed by atoms with Crippen LogP contribution in [0.2, 0.25) is 31.2 Å². The van der Waals surface area contributed by atoms with Crippen LogP contribution >= 0.6 is 0 Å². The van der Waals surface area contributed by atoms with E-state index < -0.39 is 106 Å². The van der Waals surface area contributed by atoms with Gasteiger partial charge in [0.05, 0.1) is 0 Å². The largest absolute Gasteiger partial charge is 0.460 e. The van der Waals surface area contributed by atoms with E-state index in [4.69, 9.17) is 0 Å². The van der Waals surface area contributed by atoms with Gasteiger partial charge in [-0.05, 0) is 26.2 Å². The lowest BCUT2D eigenvalue weighted by molar-refractivity contribution is -0.464. The molecule has 0 amide bonds. The van der Waals surface area contributed by atoms with Crippen molar-refractivity contribution < 1.29 is 105 Å². The molecule has 0 heterocycles. The Bertz CT molecular complexity index is 1140. The summed E-state index contributed by atoms with van der Waals surface area (Å²) in [6.07, 6.45) is -8.11. The van der Waals surface area contributed by atoms with E-state index in [0.29, 0.717) is 13.1 Å². The van der Waals surface area contributed by atoms with Crippen molar-refractivity contribution in [3.63, 3.8) is 0 Å². The fourth-order valence-electron chi connectivity index (χ4n) is 5.67. The highest BCUT2D eigenvalue weighted by atomic mass is 28.4. The van der Waals surface area contributed by atoms with E-state index in [-0.39, 0.29) is 0 Å². The van der Waals surface area contributed by atoms with Crippen LogP contribution < -0.4 is 0 Å². The van der Waals surface area contributed by atoms with Crippen molar-refractivity contribution in [3.8, 4) is 0 Å². The fourth-order valence-corrected chi connectivity index (χ4v) is 14.1. The number of fused-ring (bicyclic) bond motifs is 2. The minimum absolute atomic E-state index is 0.571. The molecule has 26 heteroatoms. The van der Waals surface area contributed by atoms with Gasteiger partial charge in [0.15, 0.2) is 22.4 Å². The molecule has 43 heavy (non-hydrogen) atoms. The van der Waals surface area contributed by atoms with Crippen LogP contribution in [0, 0.1) is 0 Å². The first-order chi connectivity index (χ1) is 18.2. The maximum Gasteiger partial charge on any atom is 0.460 e. The highest BCUT2D eigenvalue weighted by molar-refractivity contribution is 6.81. The summed E-state index contributed by atoms with van der Waals surface area (Å²) in [7, 11) is -10.7. The highest BCUT2D eigenvalue weighted by Crippen LogP contribution is 2.93. The van der Waals surface area contributed by atoms with Crippen LogP contribution in [0.15, 0.2) is 0 Å². The molecule has 2 aliphatic rings. The normalized spacial score (nSPS) is 32.9. The van der Waals surface area contributed by atoms with E-state index in [1.807, 2.05) is 0 Å². The van der Waals surface area contributed by atoms with Gasteiger partial charge in [0.25, 0.3) is 5.67 Å². The van der Waals surface area contributed by atoms with Gasteiger partial charge >= 0.3 is 65.1 Å². The summed E-state index contributed by atoms with van der Waals surface area (Å²) < 4.78 is 333. The zero-order valence-electron chi connectivity index (χ0n) is 20.7. The molecule has 0 N–H and O–H groups in total. The molecule has 2 aliphatic carbocycles. The summed E-state index contributed by atoms with van der Waals surface area (Å²) >= 11 is 0. The standard InChI is InChI=1S/C17H13F23OSi2/c1-42(2)41-43(3,4)7-5(18,8(20,21)6(19,9(7,22)23)11(26,27)12(7,28)29)10(24,25)13(30,31)14(32,33)15(34,35)16(36,37)17(38,39)40/h42H,1-4H3. The van der Waals surface area contributed by atoms with Crippen LogP contribution in [0.1, 0.15) is 0 Å². The Labute approximate surface area is 225 Å². The first-order valence-electron chi connectivity index (χ1n) is 10.7. The topological polar surface area (TPSA) is 9.23 Å². The van der Waals surface area contributed by atoms with Gasteiger partial charge in [0.2, 0.25) is 0 Å². The fraction of sp³-hybridized carbons (Fsp3) is 1.00. The van der Waals surface area contributed by atoms with Crippen molar-refractivity contribution in [2.24, 2.45) is 0 Å². The number of alkyl halides is 23. The molecule has 2 bridgehead atoms. The lowest BCUT2D eigenvalue weighted by atomic mass is 9.69. The summed E-state index contributed by atoms with van der Waals surface area (Å²) in [6, 6.07) is 0. The van der Waals surface area contributed by atoms with Crippen molar-refractivity contribution in [2.45, 2.75) is 102 Å². The molecule has 2 fully saturated rings. The summed E-state index contributed by atoms with van der Waals surface area (Å²) in [5.41, 5.74) is -16.7. The van der Waals surface area contributed by atoms with Gasteiger partial charge in [0, 0.05) is 0 Å². The predicted molar refractivity (Wildman–Crippen MR) is 98.4 cm³/mol. The lowest BCUT2D eigenvalue weighted by Gasteiger charge is -2.57. The van der Waals surface area contributed by atoms with E-state index in [9.17, 15) is 57.1 Å². The highest BCUT2D eigenvalue weighted by Gasteiger charge is 3.20. The van der Waals surface area contributed by atoms with E-state index in [0.717, 1.165) is 0 Å². The van der Waals surface area contributed by atoms with Gasteiger partial charge < -0.3 is 4.12 Å². The van der Waals surface area contributed by atoms with Gasteiger partial charge in [-0.15, -0.1) is 0 Å². The molecular weight excluding hydrogens is 713 g/mol. The third-order valence-corrected chi connectivity index (χ3v) is 14.4. The zero-order chi connectivity index (χ0) is 35.3. The first kappa shape index (κ1) is 38.0. The smallest absolute Gasteiger partial charge is 0.457 e. The summed E-state index contributed by atoms with van der Waals surface area (Å²) in [4.78, 5) is 0. The molecule has 3 atom stereocenters. The van der Waals surface area contributed by atoms with E-state index in [1.165, 1.54) is 0 Å². The molecular formula is C17H13F23OSi2. The number of halogens is 23. The van der Waals surface area contributed by atoms with Crippen LogP contribution in [0.5, 0.6) is 0 Å². The number of hydrogen-bond acceptors (Lipinski definition) is 1. The van der Waals surface area contributed by atoms with Gasteiger partial charge in [-0.3, -0.25) is 0 Å². The van der Waals surface area contributed by atoms with E-state index in [2.05, 4.69) is 4.12 Å². The van der Waals surface area contributed by atoms with Crippen LogP contribution in [-0.2, 0) is 4.12 Å². The van der Waals surface area contributed by atoms with Crippen LogP contribution in [0.4, 0.5) is 101 Å². The second-order valence-corrected chi connectivity index (χ2v) is 17.2. The monoisotopic (exact) mass is 726 g/mol. The van der Waals surface area contributed by atoms with Crippen molar-refractivity contribution >= 4 is 17.4 Å². The minimum Gasteiger partial charge on any atom is -0.457 e. The van der Waals surface area contributed by atoms with Crippen molar-refractivity contribution in [3.05, 3.63) is 0 Å². The molecule has 0 aromatic heterocycles.